The fourth-order valence-electron chi connectivity index (χ4n) is 5.81. The van der Waals surface area contributed by atoms with Crippen LogP contribution in [-0.2, 0) is 23.6 Å². The summed E-state index contributed by atoms with van der Waals surface area (Å²) in [6.45, 7) is 4.08. The molecule has 180 valence electrons. The molecule has 3 saturated heterocycles. The topological polar surface area (TPSA) is 124 Å². The van der Waals surface area contributed by atoms with Crippen molar-refractivity contribution in [2.75, 3.05) is 26.2 Å². The minimum Gasteiger partial charge on any atom is -0.388 e. The Morgan fingerprint density at radius 2 is 1.97 bits per heavy atom. The summed E-state index contributed by atoms with van der Waals surface area (Å²) in [7, 11) is 3.00. The van der Waals surface area contributed by atoms with Gasteiger partial charge in [0.25, 0.3) is 5.56 Å². The van der Waals surface area contributed by atoms with Crippen LogP contribution in [0.25, 0.3) is 11.2 Å². The molecule has 1 amide bonds. The van der Waals surface area contributed by atoms with Gasteiger partial charge in [0.05, 0.1) is 36.2 Å². The first-order valence-electron chi connectivity index (χ1n) is 11.6. The molecular formula is C22H32N6O5. The van der Waals surface area contributed by atoms with Crippen LogP contribution in [-0.4, -0.2) is 78.1 Å². The van der Waals surface area contributed by atoms with Gasteiger partial charge >= 0.3 is 5.69 Å². The summed E-state index contributed by atoms with van der Waals surface area (Å²) >= 11 is 0. The minimum atomic E-state index is -1.16. The molecule has 0 bridgehead atoms. The lowest BCUT2D eigenvalue weighted by Gasteiger charge is -2.51. The monoisotopic (exact) mass is 460 g/mol. The standard InChI is InChI=1S/C22H32N6O5/c1-21(32)12-22(6-9-27(10-7-22)18(29)14-5-4-8-23-14)33-11-15(21)28-13-24-17-16(28)19(30)26(3)20(31)25(17)2/h13-15,23,32H,4-12H2,1-3H3/t14-,15+,21+/m0/s1. The van der Waals surface area contributed by atoms with E-state index in [0.29, 0.717) is 32.4 Å². The fourth-order valence-corrected chi connectivity index (χ4v) is 5.81. The Morgan fingerprint density at radius 3 is 2.61 bits per heavy atom. The van der Waals surface area contributed by atoms with E-state index in [1.165, 1.54) is 17.9 Å². The molecule has 2 aromatic rings. The number of likely N-dealkylation sites (tertiary alicyclic amines) is 1. The van der Waals surface area contributed by atoms with E-state index in [1.54, 1.807) is 18.5 Å². The average Bonchev–Trinajstić information content (AvgIpc) is 3.46. The Labute approximate surface area is 190 Å². The molecule has 5 heterocycles. The predicted molar refractivity (Wildman–Crippen MR) is 120 cm³/mol. The number of hydrogen-bond acceptors (Lipinski definition) is 7. The Kier molecular flexibility index (Phi) is 5.26. The normalized spacial score (nSPS) is 29.8. The molecule has 3 aliphatic heterocycles. The molecular weight excluding hydrogens is 428 g/mol. The number of piperidine rings is 1. The summed E-state index contributed by atoms with van der Waals surface area (Å²) < 4.78 is 10.4. The zero-order chi connectivity index (χ0) is 23.5. The average molecular weight is 461 g/mol. The van der Waals surface area contributed by atoms with Crippen molar-refractivity contribution in [3.8, 4) is 0 Å². The third kappa shape index (κ3) is 3.53. The summed E-state index contributed by atoms with van der Waals surface area (Å²) in [4.78, 5) is 44.1. The van der Waals surface area contributed by atoms with Crippen LogP contribution < -0.4 is 16.6 Å². The largest absolute Gasteiger partial charge is 0.388 e. The SMILES string of the molecule is Cn1c(=O)c2c(ncn2[C@@H]2COC3(CCN(C(=O)[C@@H]4CCCN4)CC3)C[C@@]2(C)O)n(C)c1=O. The highest BCUT2D eigenvalue weighted by atomic mass is 16.5. The number of fused-ring (bicyclic) bond motifs is 1. The number of nitrogens with one attached hydrogen (secondary N) is 1. The van der Waals surface area contributed by atoms with Gasteiger partial charge in [-0.1, -0.05) is 0 Å². The Morgan fingerprint density at radius 1 is 1.24 bits per heavy atom. The first kappa shape index (κ1) is 22.3. The summed E-state index contributed by atoms with van der Waals surface area (Å²) in [6.07, 6.45) is 5.13. The van der Waals surface area contributed by atoms with E-state index in [1.807, 2.05) is 4.90 Å². The van der Waals surface area contributed by atoms with E-state index >= 15 is 0 Å². The quantitative estimate of drug-likeness (QED) is 0.605. The predicted octanol–water partition coefficient (Wildman–Crippen LogP) is -0.741. The molecule has 2 N–H and O–H groups in total. The smallest absolute Gasteiger partial charge is 0.332 e. The Bertz CT molecular complexity index is 1200. The van der Waals surface area contributed by atoms with E-state index in [0.717, 1.165) is 24.0 Å². The molecule has 11 heteroatoms. The number of hydrogen-bond donors (Lipinski definition) is 2. The van der Waals surface area contributed by atoms with Gasteiger partial charge in [-0.15, -0.1) is 0 Å². The zero-order valence-electron chi connectivity index (χ0n) is 19.4. The van der Waals surface area contributed by atoms with Crippen LogP contribution in [0.2, 0.25) is 0 Å². The number of imidazole rings is 1. The molecule has 0 saturated carbocycles. The van der Waals surface area contributed by atoms with Gasteiger partial charge < -0.3 is 24.6 Å². The number of rotatable bonds is 2. The molecule has 3 aliphatic rings. The summed E-state index contributed by atoms with van der Waals surface area (Å²) in [5, 5.41) is 14.8. The van der Waals surface area contributed by atoms with Crippen LogP contribution in [0, 0.1) is 0 Å². The number of aromatic nitrogens is 4. The Hall–Kier alpha value is -2.50. The van der Waals surface area contributed by atoms with Crippen LogP contribution in [0.1, 0.15) is 45.1 Å². The zero-order valence-corrected chi connectivity index (χ0v) is 19.4. The van der Waals surface area contributed by atoms with Crippen LogP contribution in [0.3, 0.4) is 0 Å². The van der Waals surface area contributed by atoms with E-state index in [4.69, 9.17) is 4.74 Å². The Balaban J connectivity index is 1.36. The maximum Gasteiger partial charge on any atom is 0.332 e. The van der Waals surface area contributed by atoms with Crippen LogP contribution in [0.15, 0.2) is 15.9 Å². The van der Waals surface area contributed by atoms with Crippen LogP contribution in [0.4, 0.5) is 0 Å². The lowest BCUT2D eigenvalue weighted by molar-refractivity contribution is -0.197. The number of aryl methyl sites for hydroxylation is 1. The van der Waals surface area contributed by atoms with Crippen LogP contribution in [0.5, 0.6) is 0 Å². The van der Waals surface area contributed by atoms with Crippen molar-refractivity contribution in [3.05, 3.63) is 27.2 Å². The summed E-state index contributed by atoms with van der Waals surface area (Å²) in [5.74, 6) is 0.161. The van der Waals surface area contributed by atoms with Crippen molar-refractivity contribution < 1.29 is 14.6 Å². The number of carbonyl (C=O) groups excluding carboxylic acids is 1. The third-order valence-corrected chi connectivity index (χ3v) is 7.80. The maximum absolute atomic E-state index is 12.9. The highest BCUT2D eigenvalue weighted by molar-refractivity contribution is 5.82. The molecule has 2 aromatic heterocycles. The van der Waals surface area contributed by atoms with Gasteiger partial charge in [0.2, 0.25) is 5.91 Å². The van der Waals surface area contributed by atoms with Gasteiger partial charge in [-0.05, 0) is 39.2 Å². The second-order valence-corrected chi connectivity index (χ2v) is 10.0. The lowest BCUT2D eigenvalue weighted by atomic mass is 9.75. The van der Waals surface area contributed by atoms with Gasteiger partial charge in [0, 0.05) is 33.6 Å². The first-order valence-corrected chi connectivity index (χ1v) is 11.6. The van der Waals surface area contributed by atoms with Crippen molar-refractivity contribution >= 4 is 17.1 Å². The summed E-state index contributed by atoms with van der Waals surface area (Å²) in [5.41, 5.74) is -2.01. The van der Waals surface area contributed by atoms with Crippen molar-refractivity contribution in [2.24, 2.45) is 14.1 Å². The number of amides is 1. The third-order valence-electron chi connectivity index (χ3n) is 7.80. The number of carbonyl (C=O) groups is 1. The molecule has 0 radical (unpaired) electrons. The van der Waals surface area contributed by atoms with E-state index < -0.39 is 28.5 Å². The number of ether oxygens (including phenoxy) is 1. The van der Waals surface area contributed by atoms with Crippen LogP contribution >= 0.6 is 0 Å². The van der Waals surface area contributed by atoms with Crippen molar-refractivity contribution in [1.29, 1.82) is 0 Å². The van der Waals surface area contributed by atoms with Gasteiger partial charge in [0.1, 0.15) is 0 Å². The molecule has 1 spiro atoms. The highest BCUT2D eigenvalue weighted by Gasteiger charge is 2.50. The molecule has 33 heavy (non-hydrogen) atoms. The molecule has 0 aliphatic carbocycles. The van der Waals surface area contributed by atoms with Gasteiger partial charge in [-0.3, -0.25) is 18.7 Å². The maximum atomic E-state index is 12.9. The number of nitrogens with zero attached hydrogens (tertiary/aromatic N) is 5. The highest BCUT2D eigenvalue weighted by Crippen LogP contribution is 2.44. The molecule has 0 aromatic carbocycles. The van der Waals surface area contributed by atoms with E-state index in [9.17, 15) is 19.5 Å². The van der Waals surface area contributed by atoms with Gasteiger partial charge in [-0.25, -0.2) is 9.78 Å². The molecule has 11 nitrogen and oxygen atoms in total. The molecule has 0 unspecified atom stereocenters. The van der Waals surface area contributed by atoms with Crippen molar-refractivity contribution in [3.63, 3.8) is 0 Å². The molecule has 5 rings (SSSR count). The first-order chi connectivity index (χ1) is 15.6. The van der Waals surface area contributed by atoms with Gasteiger partial charge in [0.15, 0.2) is 11.2 Å². The number of aliphatic hydroxyl groups is 1. The fraction of sp³-hybridized carbons (Fsp3) is 0.727. The minimum absolute atomic E-state index is 0.0769. The van der Waals surface area contributed by atoms with Gasteiger partial charge in [-0.2, -0.15) is 0 Å². The second-order valence-electron chi connectivity index (χ2n) is 10.0. The summed E-state index contributed by atoms with van der Waals surface area (Å²) in [6, 6.07) is -0.604. The van der Waals surface area contributed by atoms with E-state index in [2.05, 4.69) is 10.3 Å². The van der Waals surface area contributed by atoms with Crippen molar-refractivity contribution in [1.82, 2.24) is 28.9 Å². The second kappa shape index (κ2) is 7.78. The van der Waals surface area contributed by atoms with Crippen molar-refractivity contribution in [2.45, 2.75) is 62.3 Å². The van der Waals surface area contributed by atoms with E-state index in [-0.39, 0.29) is 29.7 Å². The molecule has 3 fully saturated rings. The molecule has 3 atom stereocenters. The lowest BCUT2D eigenvalue weighted by Crippen LogP contribution is -2.59.